The van der Waals surface area contributed by atoms with Gasteiger partial charge < -0.3 is 4.74 Å². The predicted octanol–water partition coefficient (Wildman–Crippen LogP) is 14.0. The number of pyridine rings is 1. The second-order valence-electron chi connectivity index (χ2n) is 17.2. The van der Waals surface area contributed by atoms with Crippen LogP contribution >= 0.6 is 0 Å². The molecule has 0 aliphatic carbocycles. The lowest BCUT2D eigenvalue weighted by Gasteiger charge is -2.46. The lowest BCUT2D eigenvalue weighted by atomic mass is 9.12. The predicted molar refractivity (Wildman–Crippen MR) is 233 cm³/mol. The van der Waals surface area contributed by atoms with Gasteiger partial charge in [-0.3, -0.25) is 4.79 Å². The minimum Gasteiger partial charge on any atom is -0.458 e. The third-order valence-electron chi connectivity index (χ3n) is 11.7. The summed E-state index contributed by atoms with van der Waals surface area (Å²) in [5.41, 5.74) is -29.2. The van der Waals surface area contributed by atoms with Crippen LogP contribution in [0.5, 0.6) is 0 Å². The number of Topliss-reactive ketones (excluding diaryl/α,β-unsaturated/α-hetero) is 1. The molecule has 0 bridgehead atoms. The van der Waals surface area contributed by atoms with E-state index in [9.17, 15) is 115 Å². The van der Waals surface area contributed by atoms with E-state index in [2.05, 4.69) is 0 Å². The van der Waals surface area contributed by atoms with Gasteiger partial charge in [0, 0.05) is 17.7 Å². The van der Waals surface area contributed by atoms with E-state index in [1.807, 2.05) is 25.1 Å². The number of rotatable bonds is 11. The summed E-state index contributed by atoms with van der Waals surface area (Å²) in [5, 5.41) is 0. The van der Waals surface area contributed by atoms with Crippen LogP contribution in [-0.2, 0) is 60.7 Å². The van der Waals surface area contributed by atoms with Gasteiger partial charge in [-0.2, -0.15) is 132 Å². The van der Waals surface area contributed by atoms with Gasteiger partial charge in [0.2, 0.25) is 12.3 Å². The van der Waals surface area contributed by atoms with Crippen molar-refractivity contribution >= 4 is 39.7 Å². The molecule has 5 aromatic carbocycles. The number of alkyl halides is 24. The van der Waals surface area contributed by atoms with Gasteiger partial charge in [-0.05, 0) is 36.8 Å². The average molecular weight is 1160 g/mol. The number of ketones is 1. The van der Waals surface area contributed by atoms with Crippen molar-refractivity contribution in [1.29, 1.82) is 0 Å². The number of unbranched alkanes of at least 4 members (excludes halogenated alkanes) is 1. The van der Waals surface area contributed by atoms with Crippen molar-refractivity contribution in [2.45, 2.75) is 75.7 Å². The normalized spacial score (nSPS) is 13.2. The van der Waals surface area contributed by atoms with Gasteiger partial charge in [0.25, 0.3) is 5.69 Å². The fourth-order valence-electron chi connectivity index (χ4n) is 8.12. The number of aromatic nitrogens is 1. The van der Waals surface area contributed by atoms with Gasteiger partial charge in [0.1, 0.15) is 6.15 Å². The molecule has 1 aromatic heterocycles. The van der Waals surface area contributed by atoms with E-state index in [4.69, 9.17) is 4.74 Å². The first-order valence-electron chi connectivity index (χ1n) is 22.1. The van der Waals surface area contributed by atoms with Crippen molar-refractivity contribution in [2.24, 2.45) is 0 Å². The highest BCUT2D eigenvalue weighted by Gasteiger charge is 2.47. The first-order valence-corrected chi connectivity index (χ1v) is 22.1. The lowest BCUT2D eigenvalue weighted by molar-refractivity contribution is -0.685. The molecule has 4 nitrogen and oxygen atoms in total. The van der Waals surface area contributed by atoms with Crippen LogP contribution in [-0.4, -0.2) is 24.5 Å². The Bertz CT molecular complexity index is 2710. The molecule has 0 amide bonds. The maximum atomic E-state index is 14.2. The van der Waals surface area contributed by atoms with E-state index in [0.29, 0.717) is 17.9 Å². The molecule has 0 saturated heterocycles. The molecule has 0 radical (unpaired) electrons. The molecule has 0 aliphatic rings. The number of carbonyl (C=O) groups excluding carboxylic acids is 2. The quantitative estimate of drug-likeness (QED) is 0.0324. The lowest BCUT2D eigenvalue weighted by Crippen LogP contribution is -2.75. The Kier molecular flexibility index (Phi) is 17.8. The Hall–Kier alpha value is -7.23. The zero-order valence-electron chi connectivity index (χ0n) is 39.3. The van der Waals surface area contributed by atoms with E-state index < -0.39 is 201 Å². The summed E-state index contributed by atoms with van der Waals surface area (Å²) in [4.78, 5) is 24.4. The first-order chi connectivity index (χ1) is 36.0. The smallest absolute Gasteiger partial charge is 0.416 e. The number of nitrogens with zero attached hydrogens (tertiary/aromatic N) is 1. The Labute approximate surface area is 429 Å². The molecule has 79 heavy (non-hydrogen) atoms. The summed E-state index contributed by atoms with van der Waals surface area (Å²) in [7, 11) is 0. The number of hydrogen-bond donors (Lipinski definition) is 0. The summed E-state index contributed by atoms with van der Waals surface area (Å²) >= 11 is 0. The van der Waals surface area contributed by atoms with Crippen molar-refractivity contribution in [3.8, 4) is 0 Å². The summed E-state index contributed by atoms with van der Waals surface area (Å²) in [6.07, 6.45) is -51.3. The van der Waals surface area contributed by atoms with Crippen LogP contribution in [0.4, 0.5) is 105 Å². The fourth-order valence-corrected chi connectivity index (χ4v) is 8.12. The fraction of sp³-hybridized carbons (Fsp3) is 0.260. The molecule has 0 saturated carbocycles. The van der Waals surface area contributed by atoms with E-state index >= 15 is 0 Å². The minimum absolute atomic E-state index is 0.0422. The van der Waals surface area contributed by atoms with Crippen LogP contribution in [0.25, 0.3) is 0 Å². The molecule has 0 unspecified atom stereocenters. The molecule has 0 N–H and O–H groups in total. The van der Waals surface area contributed by atoms with Crippen LogP contribution in [0.15, 0.2) is 128 Å². The van der Waals surface area contributed by atoms with E-state index in [-0.39, 0.29) is 12.3 Å². The zero-order chi connectivity index (χ0) is 59.7. The summed E-state index contributed by atoms with van der Waals surface area (Å²) < 4.78 is 348. The Balaban J connectivity index is 0.000000433. The molecule has 6 rings (SSSR count). The summed E-state index contributed by atoms with van der Waals surface area (Å²) in [6, 6.07) is 5.47. The number of benzene rings is 5. The van der Waals surface area contributed by atoms with Gasteiger partial charge in [0.05, 0.1) is 51.1 Å². The maximum absolute atomic E-state index is 14.2. The van der Waals surface area contributed by atoms with Crippen LogP contribution < -0.4 is 26.4 Å². The van der Waals surface area contributed by atoms with Crippen molar-refractivity contribution in [2.75, 3.05) is 6.61 Å². The maximum Gasteiger partial charge on any atom is 0.416 e. The molecule has 426 valence electrons. The molecule has 0 aliphatic heterocycles. The Morgan fingerprint density at radius 1 is 0.405 bits per heavy atom. The number of carbonyl (C=O) groups is 2. The van der Waals surface area contributed by atoms with Crippen molar-refractivity contribution in [1.82, 2.24) is 0 Å². The highest BCUT2D eigenvalue weighted by molar-refractivity contribution is 7.20. The van der Waals surface area contributed by atoms with Gasteiger partial charge >= 0.3 is 55.4 Å². The average Bonchev–Trinajstić information content (AvgIpc) is 3.48. The van der Waals surface area contributed by atoms with E-state index in [1.54, 1.807) is 41.1 Å². The highest BCUT2D eigenvalue weighted by atomic mass is 19.4. The topological polar surface area (TPSA) is 47.2 Å². The summed E-state index contributed by atoms with van der Waals surface area (Å²) in [5.74, 6) is -0.436. The molecule has 29 heteroatoms. The molecular weight excluding hydrogens is 1130 g/mol. The number of halogens is 24. The van der Waals surface area contributed by atoms with Gasteiger partial charge in [-0.15, -0.1) is 0 Å². The molecule has 0 spiro atoms. The van der Waals surface area contributed by atoms with Crippen LogP contribution in [0.3, 0.4) is 0 Å². The second kappa shape index (κ2) is 22.5. The summed E-state index contributed by atoms with van der Waals surface area (Å²) in [6.45, 7) is 2.55. The third kappa shape index (κ3) is 15.1. The first kappa shape index (κ1) is 62.6. The van der Waals surface area contributed by atoms with Gasteiger partial charge in [0.15, 0.2) is 6.20 Å². The van der Waals surface area contributed by atoms with Gasteiger partial charge in [-0.1, -0.05) is 92.2 Å². The van der Waals surface area contributed by atoms with E-state index in [1.165, 1.54) is 0 Å². The standard InChI is InChI=1S/C32H12BF24.C18H20NO3/c34-25(35,36)13-1-14(26(37,38)39)6-21(5-13)33(22-7-15(27(40,41)42)2-16(8-22)28(43,44)45,23-9-17(29(46,47)48)3-18(10-23)30(49,50)51)24-11-19(31(52,53)54)4-20(12-24)32(55,56)57;1-2-3-13-22-18(21)16-11-7-8-12-19(16)14-17(20)15-9-5-4-6-10-15/h1-12H;4-12H,2-3,13-14H2,1H3/q-1;+1. The zero-order valence-corrected chi connectivity index (χ0v) is 39.3. The Morgan fingerprint density at radius 3 is 0.949 bits per heavy atom. The van der Waals surface area contributed by atoms with Crippen molar-refractivity contribution in [3.63, 3.8) is 0 Å². The van der Waals surface area contributed by atoms with Gasteiger partial charge in [-0.25, -0.2) is 4.79 Å². The SMILES string of the molecule is CCCCOC(=O)c1cccc[n+]1CC(=O)c1ccccc1.FC(F)(F)c1cc([B-](c2cc(C(F)(F)F)cc(C(F)(F)F)c2)(c2cc(C(F)(F)F)cc(C(F)(F)F)c2)c2cc(C(F)(F)F)cc(C(F)(F)F)c2)cc(C(F)(F)F)c1. The Morgan fingerprint density at radius 2 is 0.684 bits per heavy atom. The second-order valence-corrected chi connectivity index (χ2v) is 17.2. The van der Waals surface area contributed by atoms with Crippen LogP contribution in [0.2, 0.25) is 0 Å². The number of hydrogen-bond acceptors (Lipinski definition) is 3. The highest BCUT2D eigenvalue weighted by Crippen LogP contribution is 2.41. The van der Waals surface area contributed by atoms with Crippen LogP contribution in [0.1, 0.15) is 85.1 Å². The third-order valence-corrected chi connectivity index (χ3v) is 11.7. The molecular formula is C50H32BF24NO3. The molecule has 0 atom stereocenters. The van der Waals surface area contributed by atoms with E-state index in [0.717, 1.165) is 12.8 Å². The van der Waals surface area contributed by atoms with Crippen molar-refractivity contribution in [3.05, 3.63) is 183 Å². The van der Waals surface area contributed by atoms with Crippen LogP contribution in [0, 0.1) is 0 Å². The largest absolute Gasteiger partial charge is 0.458 e. The minimum atomic E-state index is -6.13. The molecule has 0 fully saturated rings. The molecule has 1 heterocycles. The number of ether oxygens (including phenoxy) is 1. The van der Waals surface area contributed by atoms with Crippen molar-refractivity contribution < 1.29 is 124 Å². The number of esters is 1. The molecule has 6 aromatic rings. The monoisotopic (exact) mass is 1160 g/mol.